The molecule has 0 saturated carbocycles. The molecule has 1 N–H and O–H groups in total. The summed E-state index contributed by atoms with van der Waals surface area (Å²) in [7, 11) is 0. The monoisotopic (exact) mass is 492 g/mol. The highest BCUT2D eigenvalue weighted by Gasteiger charge is 2.31. The van der Waals surface area contributed by atoms with E-state index in [9.17, 15) is 4.79 Å². The molecule has 1 aliphatic rings. The third kappa shape index (κ3) is 3.72. The van der Waals surface area contributed by atoms with Crippen LogP contribution in [0, 0.1) is 0 Å². The van der Waals surface area contributed by atoms with Gasteiger partial charge in [-0.2, -0.15) is 5.10 Å². The Morgan fingerprint density at radius 3 is 2.44 bits per heavy atom. The van der Waals surface area contributed by atoms with Crippen molar-refractivity contribution in [1.82, 2.24) is 9.78 Å². The van der Waals surface area contributed by atoms with Crippen LogP contribution in [-0.4, -0.2) is 28.2 Å². The molecule has 36 heavy (non-hydrogen) atoms. The van der Waals surface area contributed by atoms with E-state index in [2.05, 4.69) is 17.4 Å². The maximum atomic E-state index is 13.2. The SMILES string of the molecule is CCOC(=O)c1nn(-c2ccc(Cl)cc2)c(-c2ccccc2)c1C1=Nc2cccc3cccc(c23)N1. The van der Waals surface area contributed by atoms with Gasteiger partial charge in [-0.1, -0.05) is 66.2 Å². The number of ether oxygens (including phenoxy) is 1. The average molecular weight is 493 g/mol. The van der Waals surface area contributed by atoms with Crippen LogP contribution >= 0.6 is 11.6 Å². The van der Waals surface area contributed by atoms with Crippen LogP contribution < -0.4 is 5.32 Å². The molecule has 0 radical (unpaired) electrons. The van der Waals surface area contributed by atoms with Crippen molar-refractivity contribution >= 4 is 45.6 Å². The largest absolute Gasteiger partial charge is 0.461 e. The van der Waals surface area contributed by atoms with Crippen molar-refractivity contribution in [2.45, 2.75) is 6.92 Å². The molecule has 6 rings (SSSR count). The van der Waals surface area contributed by atoms with Gasteiger partial charge in [0.2, 0.25) is 0 Å². The maximum Gasteiger partial charge on any atom is 0.359 e. The van der Waals surface area contributed by atoms with Gasteiger partial charge in [0.15, 0.2) is 5.69 Å². The van der Waals surface area contributed by atoms with Gasteiger partial charge in [-0.05, 0) is 48.7 Å². The number of aromatic nitrogens is 2. The Bertz CT molecular complexity index is 1630. The van der Waals surface area contributed by atoms with Gasteiger partial charge in [-0.15, -0.1) is 0 Å². The molecule has 176 valence electrons. The van der Waals surface area contributed by atoms with Crippen LogP contribution in [0.4, 0.5) is 11.4 Å². The highest BCUT2D eigenvalue weighted by Crippen LogP contribution is 2.39. The van der Waals surface area contributed by atoms with Gasteiger partial charge < -0.3 is 10.1 Å². The molecule has 0 unspecified atom stereocenters. The van der Waals surface area contributed by atoms with E-state index >= 15 is 0 Å². The van der Waals surface area contributed by atoms with E-state index in [0.717, 1.165) is 39.1 Å². The summed E-state index contributed by atoms with van der Waals surface area (Å²) in [5.74, 6) is 0.0160. The zero-order valence-electron chi connectivity index (χ0n) is 19.4. The third-order valence-electron chi connectivity index (χ3n) is 6.08. The summed E-state index contributed by atoms with van der Waals surface area (Å²) in [5, 5.41) is 11.0. The number of halogens is 1. The minimum atomic E-state index is -0.515. The summed E-state index contributed by atoms with van der Waals surface area (Å²) in [6, 6.07) is 29.2. The van der Waals surface area contributed by atoms with Crippen LogP contribution in [-0.2, 0) is 4.74 Å². The smallest absolute Gasteiger partial charge is 0.359 e. The summed E-state index contributed by atoms with van der Waals surface area (Å²) in [4.78, 5) is 18.2. The Hall–Kier alpha value is -4.42. The van der Waals surface area contributed by atoms with Crippen molar-refractivity contribution < 1.29 is 9.53 Å². The fourth-order valence-electron chi connectivity index (χ4n) is 4.53. The van der Waals surface area contributed by atoms with E-state index in [4.69, 9.17) is 26.4 Å². The Kier molecular flexibility index (Phi) is 5.51. The van der Waals surface area contributed by atoms with Crippen molar-refractivity contribution in [3.05, 3.63) is 107 Å². The average Bonchev–Trinajstić information content (AvgIpc) is 3.31. The number of hydrogen-bond donors (Lipinski definition) is 1. The van der Waals surface area contributed by atoms with Crippen LogP contribution in [0.1, 0.15) is 23.0 Å². The molecule has 6 nitrogen and oxygen atoms in total. The topological polar surface area (TPSA) is 68.5 Å². The number of carbonyl (C=O) groups is 1. The number of esters is 1. The summed E-state index contributed by atoms with van der Waals surface area (Å²) in [5.41, 5.74) is 4.86. The summed E-state index contributed by atoms with van der Waals surface area (Å²) in [6.07, 6.45) is 0. The first kappa shape index (κ1) is 22.1. The normalized spacial score (nSPS) is 12.2. The van der Waals surface area contributed by atoms with Gasteiger partial charge >= 0.3 is 5.97 Å². The van der Waals surface area contributed by atoms with E-state index in [-0.39, 0.29) is 12.3 Å². The fraction of sp³-hybridized carbons (Fsp3) is 0.0690. The number of nitrogens with zero attached hydrogens (tertiary/aromatic N) is 3. The first-order valence-electron chi connectivity index (χ1n) is 11.6. The van der Waals surface area contributed by atoms with Gasteiger partial charge in [0, 0.05) is 21.7 Å². The molecule has 0 bridgehead atoms. The molecule has 1 aromatic heterocycles. The van der Waals surface area contributed by atoms with Crippen LogP contribution in [0.3, 0.4) is 0 Å². The van der Waals surface area contributed by atoms with E-state index in [1.807, 2.05) is 66.7 Å². The van der Waals surface area contributed by atoms with Crippen molar-refractivity contribution in [1.29, 1.82) is 0 Å². The second-order valence-electron chi connectivity index (χ2n) is 8.31. The third-order valence-corrected chi connectivity index (χ3v) is 6.33. The minimum Gasteiger partial charge on any atom is -0.461 e. The molecule has 5 aromatic rings. The Morgan fingerprint density at radius 1 is 0.944 bits per heavy atom. The molecular formula is C29H21ClN4O2. The number of carbonyl (C=O) groups excluding carboxylic acids is 1. The van der Waals surface area contributed by atoms with Crippen LogP contribution in [0.2, 0.25) is 5.02 Å². The zero-order chi connectivity index (χ0) is 24.6. The number of amidine groups is 1. The zero-order valence-corrected chi connectivity index (χ0v) is 20.2. The number of hydrogen-bond acceptors (Lipinski definition) is 5. The highest BCUT2D eigenvalue weighted by molar-refractivity contribution is 6.30. The van der Waals surface area contributed by atoms with Crippen LogP contribution in [0.15, 0.2) is 96.0 Å². The number of aliphatic imine (C=N–C) groups is 1. The van der Waals surface area contributed by atoms with Gasteiger partial charge in [0.05, 0.1) is 29.2 Å². The van der Waals surface area contributed by atoms with Crippen molar-refractivity contribution in [2.75, 3.05) is 11.9 Å². The summed E-state index contributed by atoms with van der Waals surface area (Å²) >= 11 is 6.16. The highest BCUT2D eigenvalue weighted by atomic mass is 35.5. The number of benzene rings is 4. The first-order chi connectivity index (χ1) is 17.6. The Balaban J connectivity index is 1.66. The summed E-state index contributed by atoms with van der Waals surface area (Å²) < 4.78 is 7.18. The molecule has 0 aliphatic carbocycles. The van der Waals surface area contributed by atoms with Gasteiger partial charge in [0.1, 0.15) is 5.84 Å². The predicted molar refractivity (Wildman–Crippen MR) is 144 cm³/mol. The lowest BCUT2D eigenvalue weighted by Crippen LogP contribution is -2.20. The molecule has 2 heterocycles. The molecule has 0 atom stereocenters. The second-order valence-corrected chi connectivity index (χ2v) is 8.75. The molecule has 0 saturated heterocycles. The van der Waals surface area contributed by atoms with Crippen LogP contribution in [0.25, 0.3) is 27.7 Å². The number of rotatable bonds is 5. The van der Waals surface area contributed by atoms with Gasteiger partial charge in [-0.3, -0.25) is 0 Å². The maximum absolute atomic E-state index is 13.2. The molecule has 0 fully saturated rings. The molecular weight excluding hydrogens is 472 g/mol. The quantitative estimate of drug-likeness (QED) is 0.267. The lowest BCUT2D eigenvalue weighted by Gasteiger charge is -2.20. The Morgan fingerprint density at radius 2 is 1.69 bits per heavy atom. The predicted octanol–water partition coefficient (Wildman–Crippen LogP) is 7.03. The van der Waals surface area contributed by atoms with Crippen molar-refractivity contribution in [3.8, 4) is 16.9 Å². The standard InChI is InChI=1S/C29H21ClN4O2/c1-2-36-29(35)26-25(28-31-22-12-6-10-18-11-7-13-23(32-28)24(18)22)27(19-8-4-3-5-9-19)34(33-26)21-16-14-20(30)15-17-21/h3-17H,2H2,1H3,(H,31,32). The molecule has 4 aromatic carbocycles. The second kappa shape index (κ2) is 8.98. The van der Waals surface area contributed by atoms with Crippen molar-refractivity contribution in [3.63, 3.8) is 0 Å². The van der Waals surface area contributed by atoms with E-state index < -0.39 is 5.97 Å². The molecule has 7 heteroatoms. The van der Waals surface area contributed by atoms with Crippen LogP contribution in [0.5, 0.6) is 0 Å². The van der Waals surface area contributed by atoms with Gasteiger partial charge in [-0.25, -0.2) is 14.5 Å². The molecule has 0 amide bonds. The minimum absolute atomic E-state index is 0.184. The molecule has 1 aliphatic heterocycles. The van der Waals surface area contributed by atoms with E-state index in [0.29, 0.717) is 16.4 Å². The van der Waals surface area contributed by atoms with Crippen molar-refractivity contribution in [2.24, 2.45) is 4.99 Å². The Labute approximate surface area is 212 Å². The first-order valence-corrected chi connectivity index (χ1v) is 12.0. The fourth-order valence-corrected chi connectivity index (χ4v) is 4.66. The number of anilines is 1. The molecule has 0 spiro atoms. The lowest BCUT2D eigenvalue weighted by molar-refractivity contribution is 0.0518. The van der Waals surface area contributed by atoms with Gasteiger partial charge in [0.25, 0.3) is 0 Å². The summed E-state index contributed by atoms with van der Waals surface area (Å²) in [6.45, 7) is 2.01. The number of nitrogens with one attached hydrogen (secondary N) is 1. The van der Waals surface area contributed by atoms with E-state index in [1.54, 1.807) is 23.7 Å². The lowest BCUT2D eigenvalue weighted by atomic mass is 10.0. The van der Waals surface area contributed by atoms with E-state index in [1.165, 1.54) is 0 Å².